The summed E-state index contributed by atoms with van der Waals surface area (Å²) in [7, 11) is 0. The summed E-state index contributed by atoms with van der Waals surface area (Å²) in [5.41, 5.74) is 1.39. The maximum atomic E-state index is 12.5. The zero-order valence-corrected chi connectivity index (χ0v) is 20.3. The highest BCUT2D eigenvalue weighted by molar-refractivity contribution is 6.42. The number of carbonyl (C=O) groups excluding carboxylic acids is 1. The summed E-state index contributed by atoms with van der Waals surface area (Å²) < 4.78 is 5.93. The number of nitrogens with zero attached hydrogens (tertiary/aromatic N) is 2. The van der Waals surface area contributed by atoms with Crippen LogP contribution in [0.2, 0.25) is 10.0 Å². The van der Waals surface area contributed by atoms with Crippen molar-refractivity contribution >= 4 is 34.8 Å². The fraction of sp³-hybridized carbons (Fsp3) is 0.458. The van der Waals surface area contributed by atoms with Crippen molar-refractivity contribution in [2.24, 2.45) is 0 Å². The number of benzene rings is 2. The molecule has 2 heterocycles. The summed E-state index contributed by atoms with van der Waals surface area (Å²) in [5.74, 6) is 0.164. The Balaban J connectivity index is 1.29. The van der Waals surface area contributed by atoms with Gasteiger partial charge in [-0.05, 0) is 68.6 Å². The molecule has 2 aliphatic rings. The molecular weight excluding hydrogens is 479 g/mol. The predicted molar refractivity (Wildman–Crippen MR) is 132 cm³/mol. The maximum absolute atomic E-state index is 12.5. The first-order valence-corrected chi connectivity index (χ1v) is 12.3. The Morgan fingerprint density at radius 1 is 1.15 bits per heavy atom. The van der Waals surface area contributed by atoms with Gasteiger partial charge >= 0.3 is 5.69 Å². The molecule has 1 atom stereocenters. The van der Waals surface area contributed by atoms with Gasteiger partial charge in [0.1, 0.15) is 6.10 Å². The maximum Gasteiger partial charge on any atom is 0.311 e. The molecule has 182 valence electrons. The molecule has 0 unspecified atom stereocenters. The largest absolute Gasteiger partial charge is 0.483 e. The summed E-state index contributed by atoms with van der Waals surface area (Å²) in [5, 5.41) is 18.7. The third kappa shape index (κ3) is 6.39. The Kier molecular flexibility index (Phi) is 8.26. The molecular formula is C24H28Cl2N4O4. The van der Waals surface area contributed by atoms with Gasteiger partial charge < -0.3 is 20.3 Å². The smallest absolute Gasteiger partial charge is 0.311 e. The average Bonchev–Trinajstić information content (AvgIpc) is 3.28. The van der Waals surface area contributed by atoms with Gasteiger partial charge in [0.2, 0.25) is 0 Å². The molecule has 0 aromatic heterocycles. The Morgan fingerprint density at radius 3 is 2.68 bits per heavy atom. The van der Waals surface area contributed by atoms with Crippen LogP contribution >= 0.6 is 23.2 Å². The van der Waals surface area contributed by atoms with Crippen molar-refractivity contribution in [3.8, 4) is 5.75 Å². The zero-order valence-electron chi connectivity index (χ0n) is 18.8. The van der Waals surface area contributed by atoms with Crippen LogP contribution in [0, 0.1) is 10.1 Å². The van der Waals surface area contributed by atoms with Crippen LogP contribution in [-0.2, 0) is 6.42 Å². The number of nitro groups is 1. The van der Waals surface area contributed by atoms with E-state index in [-0.39, 0.29) is 28.7 Å². The lowest BCUT2D eigenvalue weighted by Gasteiger charge is -2.23. The van der Waals surface area contributed by atoms with Gasteiger partial charge in [-0.3, -0.25) is 14.9 Å². The first-order valence-electron chi connectivity index (χ1n) is 11.5. The molecule has 34 heavy (non-hydrogen) atoms. The lowest BCUT2D eigenvalue weighted by molar-refractivity contribution is -0.386. The zero-order chi connectivity index (χ0) is 24.1. The van der Waals surface area contributed by atoms with Crippen LogP contribution in [0.3, 0.4) is 0 Å². The number of ether oxygens (including phenoxy) is 1. The highest BCUT2D eigenvalue weighted by Crippen LogP contribution is 2.30. The van der Waals surface area contributed by atoms with Crippen molar-refractivity contribution in [1.29, 1.82) is 0 Å². The molecule has 0 bridgehead atoms. The topological polar surface area (TPSA) is 96.7 Å². The van der Waals surface area contributed by atoms with E-state index in [0.29, 0.717) is 27.8 Å². The van der Waals surface area contributed by atoms with Gasteiger partial charge in [-0.15, -0.1) is 0 Å². The van der Waals surface area contributed by atoms with Crippen molar-refractivity contribution < 1.29 is 14.5 Å². The molecule has 2 saturated heterocycles. The summed E-state index contributed by atoms with van der Waals surface area (Å²) in [6.07, 6.45) is 3.22. The van der Waals surface area contributed by atoms with Gasteiger partial charge in [-0.2, -0.15) is 0 Å². The number of rotatable bonds is 8. The molecule has 0 saturated carbocycles. The molecule has 2 aromatic carbocycles. The van der Waals surface area contributed by atoms with Crippen LogP contribution in [0.25, 0.3) is 0 Å². The fourth-order valence-electron chi connectivity index (χ4n) is 4.40. The highest BCUT2D eigenvalue weighted by atomic mass is 35.5. The lowest BCUT2D eigenvalue weighted by Crippen LogP contribution is -2.37. The summed E-state index contributed by atoms with van der Waals surface area (Å²) in [6.45, 7) is 4.06. The third-order valence-electron chi connectivity index (χ3n) is 6.31. The van der Waals surface area contributed by atoms with Crippen molar-refractivity contribution in [3.63, 3.8) is 0 Å². The van der Waals surface area contributed by atoms with Gasteiger partial charge in [0.15, 0.2) is 5.75 Å². The number of halogens is 2. The molecule has 2 aliphatic heterocycles. The second-order valence-corrected chi connectivity index (χ2v) is 9.58. The number of hydrogen-bond donors (Lipinski definition) is 2. The van der Waals surface area contributed by atoms with E-state index >= 15 is 0 Å². The normalized spacial score (nSPS) is 19.2. The van der Waals surface area contributed by atoms with E-state index < -0.39 is 0 Å². The van der Waals surface area contributed by atoms with Gasteiger partial charge in [-0.25, -0.2) is 0 Å². The molecule has 0 radical (unpaired) electrons. The van der Waals surface area contributed by atoms with E-state index in [0.717, 1.165) is 57.5 Å². The van der Waals surface area contributed by atoms with Crippen molar-refractivity contribution in [2.45, 2.75) is 37.8 Å². The lowest BCUT2D eigenvalue weighted by atomic mass is 10.1. The van der Waals surface area contributed by atoms with E-state index in [2.05, 4.69) is 15.5 Å². The summed E-state index contributed by atoms with van der Waals surface area (Å²) >= 11 is 11.9. The monoisotopic (exact) mass is 506 g/mol. The van der Waals surface area contributed by atoms with E-state index in [4.69, 9.17) is 27.9 Å². The number of amides is 1. The van der Waals surface area contributed by atoms with Crippen molar-refractivity contribution in [3.05, 3.63) is 67.7 Å². The Bertz CT molecular complexity index is 1050. The van der Waals surface area contributed by atoms with Crippen LogP contribution in [0.4, 0.5) is 5.69 Å². The molecule has 10 heteroatoms. The number of likely N-dealkylation sites (tertiary alicyclic amines) is 1. The van der Waals surface area contributed by atoms with Gasteiger partial charge in [0.05, 0.1) is 15.0 Å². The molecule has 0 aliphatic carbocycles. The fourth-order valence-corrected chi connectivity index (χ4v) is 4.70. The Hall–Kier alpha value is -2.39. The molecule has 1 amide bonds. The molecule has 4 rings (SSSR count). The van der Waals surface area contributed by atoms with Gasteiger partial charge in [-0.1, -0.05) is 29.3 Å². The first kappa shape index (κ1) is 24.7. The van der Waals surface area contributed by atoms with Crippen LogP contribution < -0.4 is 15.4 Å². The molecule has 2 aromatic rings. The highest BCUT2D eigenvalue weighted by Gasteiger charge is 2.25. The third-order valence-corrected chi connectivity index (χ3v) is 7.04. The van der Waals surface area contributed by atoms with Crippen LogP contribution in [0.1, 0.15) is 35.2 Å². The minimum atomic E-state index is -0.371. The van der Waals surface area contributed by atoms with Crippen molar-refractivity contribution in [1.82, 2.24) is 15.5 Å². The minimum Gasteiger partial charge on any atom is -0.483 e. The number of nitro benzene ring substituents is 1. The number of carbonyl (C=O) groups is 1. The second-order valence-electron chi connectivity index (χ2n) is 8.76. The van der Waals surface area contributed by atoms with E-state index in [9.17, 15) is 14.9 Å². The predicted octanol–water partition coefficient (Wildman–Crippen LogP) is 4.08. The average molecular weight is 507 g/mol. The van der Waals surface area contributed by atoms with E-state index in [1.54, 1.807) is 30.3 Å². The second kappa shape index (κ2) is 11.4. The quantitative estimate of drug-likeness (QED) is 0.413. The van der Waals surface area contributed by atoms with E-state index in [1.807, 2.05) is 6.07 Å². The Morgan fingerprint density at radius 2 is 1.94 bits per heavy atom. The van der Waals surface area contributed by atoms with E-state index in [1.165, 1.54) is 0 Å². The molecule has 2 fully saturated rings. The number of nitrogens with one attached hydrogen (secondary N) is 2. The minimum absolute atomic E-state index is 0.00596. The number of piperidine rings is 1. The van der Waals surface area contributed by atoms with Crippen LogP contribution in [0.5, 0.6) is 5.75 Å². The van der Waals surface area contributed by atoms with Crippen LogP contribution in [0.15, 0.2) is 36.4 Å². The SMILES string of the molecule is O=C(N[C@H]1CCN(CCc2ccc(OC3CCNCC3)c([N+](=O)[O-])c2)C1)c1ccc(Cl)c(Cl)c1. The van der Waals surface area contributed by atoms with Crippen molar-refractivity contribution in [2.75, 3.05) is 32.7 Å². The summed E-state index contributed by atoms with van der Waals surface area (Å²) in [6, 6.07) is 10.1. The molecule has 8 nitrogen and oxygen atoms in total. The molecule has 2 N–H and O–H groups in total. The summed E-state index contributed by atoms with van der Waals surface area (Å²) in [4.78, 5) is 26.0. The molecule has 0 spiro atoms. The Labute approximate surface area is 208 Å². The van der Waals surface area contributed by atoms with Gasteiger partial charge in [0, 0.05) is 37.3 Å². The van der Waals surface area contributed by atoms with Gasteiger partial charge in [0.25, 0.3) is 5.91 Å². The number of hydrogen-bond acceptors (Lipinski definition) is 6. The first-order chi connectivity index (χ1) is 16.4. The van der Waals surface area contributed by atoms with Crippen LogP contribution in [-0.4, -0.2) is 60.6 Å². The standard InChI is InChI=1S/C24H28Cl2N4O4/c25-20-3-2-17(14-21(20)26)24(31)28-18-8-12-29(15-18)11-7-16-1-4-23(22(13-16)30(32)33)34-19-5-9-27-10-6-19/h1-4,13-14,18-19,27H,5-12,15H2,(H,28,31)/t18-/m0/s1.